The highest BCUT2D eigenvalue weighted by atomic mass is 35.5. The van der Waals surface area contributed by atoms with Crippen LogP contribution in [0.2, 0.25) is 5.02 Å². The predicted octanol–water partition coefficient (Wildman–Crippen LogP) is 2.73. The lowest BCUT2D eigenvalue weighted by atomic mass is 9.92. The molecule has 2 unspecified atom stereocenters. The number of nitrogens with zero attached hydrogens (tertiary/aromatic N) is 1. The van der Waals surface area contributed by atoms with Crippen LogP contribution in [-0.4, -0.2) is 35.6 Å². The van der Waals surface area contributed by atoms with Gasteiger partial charge in [-0.2, -0.15) is 0 Å². The molecule has 2 fully saturated rings. The molecule has 114 valence electrons. The third kappa shape index (κ3) is 3.07. The summed E-state index contributed by atoms with van der Waals surface area (Å²) in [6.07, 6.45) is 1.65. The lowest BCUT2D eigenvalue weighted by Gasteiger charge is -2.41. The van der Waals surface area contributed by atoms with Crippen LogP contribution in [0, 0.1) is 0 Å². The first-order chi connectivity index (χ1) is 9.96. The highest BCUT2D eigenvalue weighted by molar-refractivity contribution is 6.30. The number of carbonyl (C=O) groups is 1. The largest absolute Gasteiger partial charge is 0.375 e. The molecule has 2 heterocycles. The van der Waals surface area contributed by atoms with Crippen molar-refractivity contribution in [2.75, 3.05) is 13.2 Å². The quantitative estimate of drug-likeness (QED) is 0.913. The average Bonchev–Trinajstić information content (AvgIpc) is 2.79. The Morgan fingerprint density at radius 3 is 2.95 bits per heavy atom. The van der Waals surface area contributed by atoms with E-state index < -0.39 is 0 Å². The lowest BCUT2D eigenvalue weighted by Crippen LogP contribution is -2.48. The average molecular weight is 309 g/mol. The van der Waals surface area contributed by atoms with E-state index in [4.69, 9.17) is 16.3 Å². The molecule has 2 saturated heterocycles. The molecule has 2 atom stereocenters. The molecule has 2 aliphatic heterocycles. The summed E-state index contributed by atoms with van der Waals surface area (Å²) in [5.41, 5.74) is 0.864. The Morgan fingerprint density at radius 2 is 2.24 bits per heavy atom. The Bertz CT molecular complexity index is 547. The van der Waals surface area contributed by atoms with Crippen molar-refractivity contribution in [2.24, 2.45) is 0 Å². The van der Waals surface area contributed by atoms with Crippen LogP contribution in [-0.2, 0) is 9.53 Å². The van der Waals surface area contributed by atoms with Crippen molar-refractivity contribution in [1.29, 1.82) is 0 Å². The molecule has 0 saturated carbocycles. The van der Waals surface area contributed by atoms with Crippen LogP contribution in [0.1, 0.15) is 38.4 Å². The lowest BCUT2D eigenvalue weighted by molar-refractivity contribution is -0.137. The molecule has 1 aromatic rings. The number of carbonyl (C=O) groups excluding carboxylic acids is 1. The highest BCUT2D eigenvalue weighted by Crippen LogP contribution is 2.34. The van der Waals surface area contributed by atoms with Gasteiger partial charge in [0.25, 0.3) is 0 Å². The number of hydrogen-bond donors (Lipinski definition) is 1. The normalized spacial score (nSPS) is 28.9. The first-order valence-corrected chi connectivity index (χ1v) is 7.78. The van der Waals surface area contributed by atoms with Crippen molar-refractivity contribution in [1.82, 2.24) is 10.2 Å². The van der Waals surface area contributed by atoms with Gasteiger partial charge in [-0.05, 0) is 44.4 Å². The summed E-state index contributed by atoms with van der Waals surface area (Å²) in [4.78, 5) is 14.3. The summed E-state index contributed by atoms with van der Waals surface area (Å²) < 4.78 is 5.77. The maximum absolute atomic E-state index is 12.3. The van der Waals surface area contributed by atoms with Crippen LogP contribution in [0.4, 0.5) is 0 Å². The fraction of sp³-hybridized carbons (Fsp3) is 0.562. The zero-order chi connectivity index (χ0) is 15.0. The Labute approximate surface area is 130 Å². The van der Waals surface area contributed by atoms with Gasteiger partial charge in [-0.3, -0.25) is 10.1 Å². The number of nitrogens with one attached hydrogen (secondary N) is 1. The van der Waals surface area contributed by atoms with E-state index in [1.807, 2.05) is 29.2 Å². The summed E-state index contributed by atoms with van der Waals surface area (Å²) in [6.45, 7) is 5.25. The fourth-order valence-electron chi connectivity index (χ4n) is 3.32. The standard InChI is InChI=1S/C16H21ClN2O2/c1-16(2)9-13(6-7-21-16)19-14(20)10-18-15(19)11-4-3-5-12(17)8-11/h3-5,8,13,15,18H,6-7,9-10H2,1-2H3. The molecular formula is C16H21ClN2O2. The van der Waals surface area contributed by atoms with E-state index in [2.05, 4.69) is 19.2 Å². The van der Waals surface area contributed by atoms with E-state index in [9.17, 15) is 4.79 Å². The Morgan fingerprint density at radius 1 is 1.43 bits per heavy atom. The summed E-state index contributed by atoms with van der Waals surface area (Å²) in [5.74, 6) is 0.155. The van der Waals surface area contributed by atoms with Crippen molar-refractivity contribution in [2.45, 2.75) is 44.5 Å². The van der Waals surface area contributed by atoms with Crippen LogP contribution in [0.3, 0.4) is 0 Å². The monoisotopic (exact) mass is 308 g/mol. The molecule has 0 bridgehead atoms. The SMILES string of the molecule is CC1(C)CC(N2C(=O)CNC2c2cccc(Cl)c2)CCO1. The molecular weight excluding hydrogens is 288 g/mol. The van der Waals surface area contributed by atoms with Crippen molar-refractivity contribution >= 4 is 17.5 Å². The molecule has 4 nitrogen and oxygen atoms in total. The molecule has 0 aromatic heterocycles. The second kappa shape index (κ2) is 5.59. The van der Waals surface area contributed by atoms with Gasteiger partial charge in [0, 0.05) is 17.7 Å². The third-order valence-electron chi connectivity index (χ3n) is 4.24. The van der Waals surface area contributed by atoms with E-state index >= 15 is 0 Å². The minimum atomic E-state index is -0.176. The molecule has 3 rings (SSSR count). The van der Waals surface area contributed by atoms with Gasteiger partial charge in [0.05, 0.1) is 12.1 Å². The van der Waals surface area contributed by atoms with Gasteiger partial charge < -0.3 is 9.64 Å². The summed E-state index contributed by atoms with van der Waals surface area (Å²) in [5, 5.41) is 4.00. The molecule has 1 amide bonds. The molecule has 0 aliphatic carbocycles. The van der Waals surface area contributed by atoms with Crippen molar-refractivity contribution in [3.05, 3.63) is 34.9 Å². The minimum Gasteiger partial charge on any atom is -0.375 e. The van der Waals surface area contributed by atoms with Gasteiger partial charge in [0.2, 0.25) is 5.91 Å². The number of hydrogen-bond acceptors (Lipinski definition) is 3. The third-order valence-corrected chi connectivity index (χ3v) is 4.48. The molecule has 0 radical (unpaired) electrons. The maximum Gasteiger partial charge on any atom is 0.238 e. The van der Waals surface area contributed by atoms with Crippen LogP contribution < -0.4 is 5.32 Å². The fourth-order valence-corrected chi connectivity index (χ4v) is 3.52. The summed E-state index contributed by atoms with van der Waals surface area (Å²) in [7, 11) is 0. The van der Waals surface area contributed by atoms with E-state index in [1.54, 1.807) is 0 Å². The van der Waals surface area contributed by atoms with Crippen molar-refractivity contribution < 1.29 is 9.53 Å². The molecule has 1 N–H and O–H groups in total. The number of halogens is 1. The zero-order valence-electron chi connectivity index (χ0n) is 12.4. The minimum absolute atomic E-state index is 0.0879. The van der Waals surface area contributed by atoms with Gasteiger partial charge >= 0.3 is 0 Å². The van der Waals surface area contributed by atoms with E-state index in [0.29, 0.717) is 18.2 Å². The topological polar surface area (TPSA) is 41.6 Å². The van der Waals surface area contributed by atoms with E-state index in [0.717, 1.165) is 18.4 Å². The number of benzene rings is 1. The van der Waals surface area contributed by atoms with Gasteiger partial charge in [-0.25, -0.2) is 0 Å². The first kappa shape index (κ1) is 14.8. The summed E-state index contributed by atoms with van der Waals surface area (Å²) in [6, 6.07) is 7.92. The van der Waals surface area contributed by atoms with E-state index in [1.165, 1.54) is 0 Å². The smallest absolute Gasteiger partial charge is 0.238 e. The van der Waals surface area contributed by atoms with Crippen LogP contribution in [0.25, 0.3) is 0 Å². The molecule has 21 heavy (non-hydrogen) atoms. The Balaban J connectivity index is 1.86. The number of amides is 1. The zero-order valence-corrected chi connectivity index (χ0v) is 13.2. The van der Waals surface area contributed by atoms with E-state index in [-0.39, 0.29) is 23.7 Å². The van der Waals surface area contributed by atoms with Gasteiger partial charge in [0.1, 0.15) is 6.17 Å². The second-order valence-electron chi connectivity index (χ2n) is 6.39. The van der Waals surface area contributed by atoms with Gasteiger partial charge in [-0.1, -0.05) is 23.7 Å². The van der Waals surface area contributed by atoms with Crippen LogP contribution in [0.5, 0.6) is 0 Å². The van der Waals surface area contributed by atoms with Crippen LogP contribution in [0.15, 0.2) is 24.3 Å². The number of rotatable bonds is 2. The Kier molecular flexibility index (Phi) is 3.95. The maximum atomic E-state index is 12.3. The highest BCUT2D eigenvalue weighted by Gasteiger charge is 2.41. The molecule has 2 aliphatic rings. The number of ether oxygens (including phenoxy) is 1. The first-order valence-electron chi connectivity index (χ1n) is 7.40. The molecule has 5 heteroatoms. The second-order valence-corrected chi connectivity index (χ2v) is 6.83. The van der Waals surface area contributed by atoms with Crippen LogP contribution >= 0.6 is 11.6 Å². The Hall–Kier alpha value is -1.10. The molecule has 0 spiro atoms. The predicted molar refractivity (Wildman–Crippen MR) is 82.1 cm³/mol. The van der Waals surface area contributed by atoms with Gasteiger partial charge in [-0.15, -0.1) is 0 Å². The van der Waals surface area contributed by atoms with Crippen molar-refractivity contribution in [3.63, 3.8) is 0 Å². The van der Waals surface area contributed by atoms with Crippen molar-refractivity contribution in [3.8, 4) is 0 Å². The summed E-state index contributed by atoms with van der Waals surface area (Å²) >= 11 is 6.09. The van der Waals surface area contributed by atoms with Gasteiger partial charge in [0.15, 0.2) is 0 Å². The molecule has 1 aromatic carbocycles.